The largest absolute Gasteiger partial charge is 0.433 e. The average Bonchev–Trinajstić information content (AvgIpc) is 2.85. The highest BCUT2D eigenvalue weighted by Crippen LogP contribution is 2.38. The smallest absolute Gasteiger partial charge is 0.387 e. The number of allylic oxidation sites excluding steroid dienone is 1. The highest BCUT2D eigenvalue weighted by molar-refractivity contribution is 7.94. The zero-order valence-electron chi connectivity index (χ0n) is 12.8. The summed E-state index contributed by atoms with van der Waals surface area (Å²) in [6, 6.07) is 4.82. The van der Waals surface area contributed by atoms with Gasteiger partial charge in [0.25, 0.3) is 0 Å². The van der Waals surface area contributed by atoms with Crippen molar-refractivity contribution in [2.24, 2.45) is 5.92 Å². The first-order chi connectivity index (χ1) is 11.4. The van der Waals surface area contributed by atoms with Gasteiger partial charge in [-0.05, 0) is 24.5 Å². The standard InChI is InChI=1S/C16H17F2NO4S/c17-16(18)23-13-5-1-3-12-4-2-7-19(15(12)13)14(20)9-11-6-8-24(21,22)10-11/h1,3,5-6,8,11,16H,2,4,7,9-10H2. The van der Waals surface area contributed by atoms with E-state index in [-0.39, 0.29) is 29.7 Å². The fourth-order valence-electron chi connectivity index (χ4n) is 3.16. The van der Waals surface area contributed by atoms with Crippen LogP contribution < -0.4 is 9.64 Å². The molecule has 0 aliphatic carbocycles. The van der Waals surface area contributed by atoms with E-state index < -0.39 is 16.4 Å². The minimum Gasteiger partial charge on any atom is -0.433 e. The second-order valence-corrected chi connectivity index (χ2v) is 7.84. The van der Waals surface area contributed by atoms with E-state index in [0.717, 1.165) is 17.4 Å². The summed E-state index contributed by atoms with van der Waals surface area (Å²) in [6.07, 6.45) is 2.94. The van der Waals surface area contributed by atoms with E-state index in [0.29, 0.717) is 18.7 Å². The number of aryl methyl sites for hydroxylation is 1. The minimum atomic E-state index is -3.23. The van der Waals surface area contributed by atoms with Gasteiger partial charge < -0.3 is 9.64 Å². The van der Waals surface area contributed by atoms with Crippen LogP contribution in [0.25, 0.3) is 0 Å². The molecule has 3 rings (SSSR count). The normalized spacial score (nSPS) is 21.8. The number of alkyl halides is 2. The van der Waals surface area contributed by atoms with Crippen molar-refractivity contribution in [3.63, 3.8) is 0 Å². The summed E-state index contributed by atoms with van der Waals surface area (Å²) in [5.74, 6) is -0.775. The molecule has 8 heteroatoms. The Bertz CT molecular complexity index is 776. The number of benzene rings is 1. The lowest BCUT2D eigenvalue weighted by Gasteiger charge is -2.31. The van der Waals surface area contributed by atoms with Gasteiger partial charge in [-0.2, -0.15) is 8.78 Å². The summed E-state index contributed by atoms with van der Waals surface area (Å²) in [7, 11) is -3.23. The predicted octanol–water partition coefficient (Wildman–Crippen LogP) is 2.52. The van der Waals surface area contributed by atoms with Gasteiger partial charge in [0, 0.05) is 24.3 Å². The highest BCUT2D eigenvalue weighted by Gasteiger charge is 2.30. The molecule has 0 N–H and O–H groups in total. The number of hydrogen-bond donors (Lipinski definition) is 0. The molecule has 0 radical (unpaired) electrons. The Morgan fingerprint density at radius 1 is 1.38 bits per heavy atom. The number of ether oxygens (including phenoxy) is 1. The molecule has 1 unspecified atom stereocenters. The molecule has 130 valence electrons. The zero-order valence-corrected chi connectivity index (χ0v) is 13.6. The quantitative estimate of drug-likeness (QED) is 0.831. The van der Waals surface area contributed by atoms with Crippen molar-refractivity contribution in [1.82, 2.24) is 0 Å². The van der Waals surface area contributed by atoms with Crippen molar-refractivity contribution in [1.29, 1.82) is 0 Å². The van der Waals surface area contributed by atoms with Crippen LogP contribution in [0.2, 0.25) is 0 Å². The lowest BCUT2D eigenvalue weighted by Crippen LogP contribution is -2.37. The Labute approximate surface area is 138 Å². The molecule has 1 atom stereocenters. The maximum Gasteiger partial charge on any atom is 0.387 e. The SMILES string of the molecule is O=C(CC1C=CS(=O)(=O)C1)N1CCCc2cccc(OC(F)F)c21. The molecule has 0 spiro atoms. The number of amides is 1. The van der Waals surface area contributed by atoms with Gasteiger partial charge in [-0.1, -0.05) is 18.2 Å². The summed E-state index contributed by atoms with van der Waals surface area (Å²) in [5.41, 5.74) is 1.15. The van der Waals surface area contributed by atoms with Gasteiger partial charge in [-0.3, -0.25) is 4.79 Å². The van der Waals surface area contributed by atoms with Crippen LogP contribution in [0.3, 0.4) is 0 Å². The van der Waals surface area contributed by atoms with E-state index in [9.17, 15) is 22.0 Å². The highest BCUT2D eigenvalue weighted by atomic mass is 32.2. The molecule has 0 saturated carbocycles. The van der Waals surface area contributed by atoms with E-state index in [1.165, 1.54) is 17.0 Å². The Hall–Kier alpha value is -1.96. The van der Waals surface area contributed by atoms with Gasteiger partial charge in [0.15, 0.2) is 9.84 Å². The van der Waals surface area contributed by atoms with E-state index in [2.05, 4.69) is 4.74 Å². The van der Waals surface area contributed by atoms with Crippen LogP contribution in [0.15, 0.2) is 29.7 Å². The monoisotopic (exact) mass is 357 g/mol. The molecule has 0 bridgehead atoms. The summed E-state index contributed by atoms with van der Waals surface area (Å²) in [4.78, 5) is 14.1. The maximum atomic E-state index is 12.6. The van der Waals surface area contributed by atoms with Gasteiger partial charge >= 0.3 is 6.61 Å². The first-order valence-electron chi connectivity index (χ1n) is 7.64. The van der Waals surface area contributed by atoms with E-state index >= 15 is 0 Å². The average molecular weight is 357 g/mol. The van der Waals surface area contributed by atoms with E-state index in [1.54, 1.807) is 12.1 Å². The number of carbonyl (C=O) groups is 1. The van der Waals surface area contributed by atoms with Crippen molar-refractivity contribution in [3.8, 4) is 5.75 Å². The number of rotatable bonds is 4. The zero-order chi connectivity index (χ0) is 17.3. The van der Waals surface area contributed by atoms with Gasteiger partial charge in [-0.25, -0.2) is 8.42 Å². The maximum absolute atomic E-state index is 12.6. The first-order valence-corrected chi connectivity index (χ1v) is 9.35. The van der Waals surface area contributed by atoms with E-state index in [1.807, 2.05) is 0 Å². The van der Waals surface area contributed by atoms with Crippen LogP contribution in [-0.4, -0.2) is 33.2 Å². The summed E-state index contributed by atoms with van der Waals surface area (Å²) in [6.45, 7) is -2.57. The molecule has 5 nitrogen and oxygen atoms in total. The lowest BCUT2D eigenvalue weighted by molar-refractivity contribution is -0.119. The third kappa shape index (κ3) is 3.58. The topological polar surface area (TPSA) is 63.7 Å². The Balaban J connectivity index is 1.83. The van der Waals surface area contributed by atoms with Gasteiger partial charge in [-0.15, -0.1) is 0 Å². The van der Waals surface area contributed by atoms with Crippen LogP contribution in [0.1, 0.15) is 18.4 Å². The van der Waals surface area contributed by atoms with Crippen LogP contribution in [-0.2, 0) is 21.1 Å². The molecule has 0 saturated heterocycles. The van der Waals surface area contributed by atoms with Crippen molar-refractivity contribution in [2.45, 2.75) is 25.9 Å². The summed E-state index contributed by atoms with van der Waals surface area (Å²) >= 11 is 0. The van der Waals surface area contributed by atoms with Crippen LogP contribution in [0, 0.1) is 5.92 Å². The number of sulfone groups is 1. The summed E-state index contributed by atoms with van der Waals surface area (Å²) in [5, 5.41) is 1.13. The first kappa shape index (κ1) is 16.9. The Morgan fingerprint density at radius 3 is 2.83 bits per heavy atom. The molecule has 0 fully saturated rings. The van der Waals surface area contributed by atoms with Crippen molar-refractivity contribution in [2.75, 3.05) is 17.2 Å². The molecular weight excluding hydrogens is 340 g/mol. The Morgan fingerprint density at radius 2 is 2.17 bits per heavy atom. The minimum absolute atomic E-state index is 0.0230. The third-order valence-electron chi connectivity index (χ3n) is 4.14. The molecule has 24 heavy (non-hydrogen) atoms. The third-order valence-corrected chi connectivity index (χ3v) is 5.60. The number of para-hydroxylation sites is 1. The van der Waals surface area contributed by atoms with Crippen LogP contribution in [0.5, 0.6) is 5.75 Å². The molecule has 2 aliphatic rings. The second-order valence-electron chi connectivity index (χ2n) is 5.91. The molecule has 2 aliphatic heterocycles. The predicted molar refractivity (Wildman–Crippen MR) is 84.8 cm³/mol. The number of hydrogen-bond acceptors (Lipinski definition) is 4. The number of fused-ring (bicyclic) bond motifs is 1. The van der Waals surface area contributed by atoms with E-state index in [4.69, 9.17) is 0 Å². The fourth-order valence-corrected chi connectivity index (χ4v) is 4.56. The van der Waals surface area contributed by atoms with Crippen LogP contribution in [0.4, 0.5) is 14.5 Å². The number of anilines is 1. The van der Waals surface area contributed by atoms with Gasteiger partial charge in [0.05, 0.1) is 11.4 Å². The number of carbonyl (C=O) groups excluding carboxylic acids is 1. The van der Waals surface area contributed by atoms with Crippen molar-refractivity contribution >= 4 is 21.4 Å². The lowest BCUT2D eigenvalue weighted by atomic mass is 9.99. The van der Waals surface area contributed by atoms with Gasteiger partial charge in [0.1, 0.15) is 5.75 Å². The number of nitrogens with zero attached hydrogens (tertiary/aromatic N) is 1. The Kier molecular flexibility index (Phi) is 4.58. The summed E-state index contributed by atoms with van der Waals surface area (Å²) < 4.78 is 52.7. The van der Waals surface area contributed by atoms with Crippen molar-refractivity contribution in [3.05, 3.63) is 35.2 Å². The molecule has 0 aromatic heterocycles. The molecule has 1 aromatic rings. The van der Waals surface area contributed by atoms with Crippen LogP contribution >= 0.6 is 0 Å². The molecule has 1 amide bonds. The second kappa shape index (κ2) is 6.51. The van der Waals surface area contributed by atoms with Crippen molar-refractivity contribution < 1.29 is 26.7 Å². The molecule has 2 heterocycles. The molecular formula is C16H17F2NO4S. The molecule has 1 aromatic carbocycles. The number of halogens is 2. The fraction of sp³-hybridized carbons (Fsp3) is 0.438. The van der Waals surface area contributed by atoms with Gasteiger partial charge in [0.2, 0.25) is 5.91 Å².